The lowest BCUT2D eigenvalue weighted by atomic mass is 10.0. The first-order chi connectivity index (χ1) is 17.0. The van der Waals surface area contributed by atoms with Gasteiger partial charge in [-0.3, -0.25) is 14.2 Å². The summed E-state index contributed by atoms with van der Waals surface area (Å²) in [6, 6.07) is 1.59. The van der Waals surface area contributed by atoms with E-state index in [-0.39, 0.29) is 27.9 Å². The van der Waals surface area contributed by atoms with E-state index in [2.05, 4.69) is 35.5 Å². The van der Waals surface area contributed by atoms with Crippen molar-refractivity contribution in [2.75, 3.05) is 5.32 Å². The summed E-state index contributed by atoms with van der Waals surface area (Å²) in [6.45, 7) is 1.11. The van der Waals surface area contributed by atoms with Crippen molar-refractivity contribution < 1.29 is 31.8 Å². The Labute approximate surface area is 206 Å². The number of halogens is 5. The van der Waals surface area contributed by atoms with Crippen LogP contribution in [0.2, 0.25) is 5.02 Å². The van der Waals surface area contributed by atoms with Crippen LogP contribution in [0.3, 0.4) is 0 Å². The zero-order valence-electron chi connectivity index (χ0n) is 18.9. The Kier molecular flexibility index (Phi) is 6.19. The molecule has 3 aromatic heterocycles. The molecule has 2 fully saturated rings. The molecule has 3 N–H and O–H groups in total. The quantitative estimate of drug-likeness (QED) is 0.376. The molecule has 3 atom stereocenters. The monoisotopic (exact) mass is 531 g/mol. The van der Waals surface area contributed by atoms with Crippen molar-refractivity contribution in [2.45, 2.75) is 69.3 Å². The van der Waals surface area contributed by atoms with Crippen molar-refractivity contribution >= 4 is 35.1 Å². The van der Waals surface area contributed by atoms with Crippen LogP contribution >= 0.6 is 11.6 Å². The smallest absolute Gasteiger partial charge is 0.443 e. The molecule has 0 radical (unpaired) electrons. The molecule has 0 unspecified atom stereocenters. The standard InChI is InChI=1S/C21H22ClF4N7O3/c1-20(4-5-20)30-19(34)36-14-3-2-11(16(14)23)13-6-15(32-31-13)29-18-27-7-12(22)17-28-10(8-33(17)18)9-35-21(24,25)26/h6-8,11,14,16H,2-5,9H2,1H3,(H,30,34)(H2,27,29,31,32)/t11-,14-,16+/m1/s1. The number of aromatic amines is 1. The predicted octanol–water partition coefficient (Wildman–Crippen LogP) is 4.75. The number of alkyl carbamates (subject to hydrolysis) is 1. The van der Waals surface area contributed by atoms with Gasteiger partial charge in [-0.15, -0.1) is 13.2 Å². The number of imidazole rings is 1. The number of hydrogen-bond donors (Lipinski definition) is 3. The van der Waals surface area contributed by atoms with Crippen LogP contribution in [-0.2, 0) is 16.1 Å². The van der Waals surface area contributed by atoms with Gasteiger partial charge in [-0.2, -0.15) is 5.10 Å². The minimum absolute atomic E-state index is 0.00928. The number of alkyl halides is 4. The lowest BCUT2D eigenvalue weighted by Crippen LogP contribution is -2.38. The van der Waals surface area contributed by atoms with Gasteiger partial charge >= 0.3 is 12.5 Å². The lowest BCUT2D eigenvalue weighted by molar-refractivity contribution is -0.330. The fourth-order valence-electron chi connectivity index (χ4n) is 4.12. The minimum Gasteiger partial charge on any atom is -0.443 e. The Balaban J connectivity index is 1.26. The number of fused-ring (bicyclic) bond motifs is 1. The Hall–Kier alpha value is -3.13. The molecule has 0 bridgehead atoms. The van der Waals surface area contributed by atoms with Crippen LogP contribution in [0.25, 0.3) is 5.65 Å². The van der Waals surface area contributed by atoms with Gasteiger partial charge < -0.3 is 15.4 Å². The van der Waals surface area contributed by atoms with Gasteiger partial charge in [-0.25, -0.2) is 19.2 Å². The molecule has 36 heavy (non-hydrogen) atoms. The number of H-pyrrole nitrogens is 1. The summed E-state index contributed by atoms with van der Waals surface area (Å²) in [5, 5.41) is 12.7. The Morgan fingerprint density at radius 2 is 2.14 bits per heavy atom. The summed E-state index contributed by atoms with van der Waals surface area (Å²) in [4.78, 5) is 20.3. The van der Waals surface area contributed by atoms with E-state index in [1.165, 1.54) is 16.8 Å². The molecule has 194 valence electrons. The van der Waals surface area contributed by atoms with Gasteiger partial charge in [0.2, 0.25) is 5.95 Å². The molecule has 10 nitrogen and oxygen atoms in total. The molecular formula is C21H22ClF4N7O3. The molecule has 2 saturated carbocycles. The van der Waals surface area contributed by atoms with Crippen LogP contribution in [0.15, 0.2) is 18.5 Å². The van der Waals surface area contributed by atoms with E-state index in [1.54, 1.807) is 6.07 Å². The zero-order valence-corrected chi connectivity index (χ0v) is 19.7. The van der Waals surface area contributed by atoms with Gasteiger partial charge in [-0.1, -0.05) is 11.6 Å². The van der Waals surface area contributed by atoms with E-state index in [1.807, 2.05) is 6.92 Å². The number of anilines is 2. The molecule has 2 aliphatic rings. The summed E-state index contributed by atoms with van der Waals surface area (Å²) < 4.78 is 62.7. The lowest BCUT2D eigenvalue weighted by Gasteiger charge is -2.19. The molecule has 5 rings (SSSR count). The second-order valence-corrected chi connectivity index (χ2v) is 9.59. The number of nitrogens with one attached hydrogen (secondary N) is 3. The number of carbonyl (C=O) groups excluding carboxylic acids is 1. The van der Waals surface area contributed by atoms with Gasteiger partial charge in [0.1, 0.15) is 17.3 Å². The minimum atomic E-state index is -4.80. The third-order valence-corrected chi connectivity index (χ3v) is 6.55. The topological polar surface area (TPSA) is 118 Å². The summed E-state index contributed by atoms with van der Waals surface area (Å²) in [5.41, 5.74) is 0.405. The number of hydrogen-bond acceptors (Lipinski definition) is 7. The third-order valence-electron chi connectivity index (χ3n) is 6.28. The average molecular weight is 532 g/mol. The summed E-state index contributed by atoms with van der Waals surface area (Å²) in [7, 11) is 0. The summed E-state index contributed by atoms with van der Waals surface area (Å²) in [6.07, 6.45) is -2.54. The van der Waals surface area contributed by atoms with Gasteiger partial charge in [0.05, 0.1) is 18.5 Å². The van der Waals surface area contributed by atoms with Crippen LogP contribution in [0.5, 0.6) is 0 Å². The van der Waals surface area contributed by atoms with Crippen LogP contribution in [0.4, 0.5) is 34.1 Å². The van der Waals surface area contributed by atoms with E-state index < -0.39 is 37.3 Å². The highest BCUT2D eigenvalue weighted by atomic mass is 35.5. The summed E-state index contributed by atoms with van der Waals surface area (Å²) in [5.74, 6) is -0.0910. The molecule has 1 amide bonds. The number of amides is 1. The number of ether oxygens (including phenoxy) is 2. The van der Waals surface area contributed by atoms with E-state index in [9.17, 15) is 18.0 Å². The second-order valence-electron chi connectivity index (χ2n) is 9.18. The van der Waals surface area contributed by atoms with Crippen molar-refractivity contribution in [1.29, 1.82) is 0 Å². The highest BCUT2D eigenvalue weighted by molar-refractivity contribution is 6.33. The Morgan fingerprint density at radius 3 is 2.86 bits per heavy atom. The maximum Gasteiger partial charge on any atom is 0.522 e. The zero-order chi connectivity index (χ0) is 25.7. The van der Waals surface area contributed by atoms with Crippen LogP contribution < -0.4 is 10.6 Å². The predicted molar refractivity (Wildman–Crippen MR) is 119 cm³/mol. The molecule has 0 aromatic carbocycles. The number of nitrogens with zero attached hydrogens (tertiary/aromatic N) is 4. The highest BCUT2D eigenvalue weighted by Gasteiger charge is 2.43. The van der Waals surface area contributed by atoms with Gasteiger partial charge in [-0.05, 0) is 32.6 Å². The Bertz CT molecular complexity index is 1280. The largest absolute Gasteiger partial charge is 0.522 e. The van der Waals surface area contributed by atoms with E-state index in [0.717, 1.165) is 12.8 Å². The molecule has 2 aliphatic carbocycles. The van der Waals surface area contributed by atoms with Crippen molar-refractivity contribution in [3.8, 4) is 0 Å². The van der Waals surface area contributed by atoms with Crippen molar-refractivity contribution in [2.24, 2.45) is 0 Å². The SMILES string of the molecule is CC1(NC(=O)O[C@@H]2CC[C@H](c3cc(Nc4ncc(Cl)c5nc(COC(F)(F)F)cn45)n[nH]3)[C@@H]2F)CC1. The maximum atomic E-state index is 15.1. The number of carbonyl (C=O) groups is 1. The molecule has 3 aromatic rings. The molecule has 15 heteroatoms. The Morgan fingerprint density at radius 1 is 1.36 bits per heavy atom. The first kappa shape index (κ1) is 24.6. The summed E-state index contributed by atoms with van der Waals surface area (Å²) >= 11 is 6.09. The average Bonchev–Trinajstić information content (AvgIpc) is 3.16. The van der Waals surface area contributed by atoms with Crippen molar-refractivity contribution in [3.63, 3.8) is 0 Å². The fraction of sp³-hybridized carbons (Fsp3) is 0.524. The fourth-order valence-corrected chi connectivity index (χ4v) is 4.30. The van der Waals surface area contributed by atoms with Crippen LogP contribution in [-0.4, -0.2) is 54.8 Å². The highest BCUT2D eigenvalue weighted by Crippen LogP contribution is 2.39. The van der Waals surface area contributed by atoms with E-state index >= 15 is 4.39 Å². The molecule has 0 saturated heterocycles. The molecule has 0 aliphatic heterocycles. The maximum absolute atomic E-state index is 15.1. The second kappa shape index (κ2) is 9.07. The third kappa shape index (κ3) is 5.33. The van der Waals surface area contributed by atoms with Crippen LogP contribution in [0, 0.1) is 0 Å². The first-order valence-corrected chi connectivity index (χ1v) is 11.6. The molecular weight excluding hydrogens is 510 g/mol. The van der Waals surface area contributed by atoms with E-state index in [0.29, 0.717) is 24.4 Å². The van der Waals surface area contributed by atoms with E-state index in [4.69, 9.17) is 16.3 Å². The molecule has 0 spiro atoms. The van der Waals surface area contributed by atoms with Gasteiger partial charge in [0.25, 0.3) is 0 Å². The molecule has 3 heterocycles. The van der Waals surface area contributed by atoms with Crippen molar-refractivity contribution in [3.05, 3.63) is 34.9 Å². The van der Waals surface area contributed by atoms with Crippen molar-refractivity contribution in [1.82, 2.24) is 29.9 Å². The van der Waals surface area contributed by atoms with Gasteiger partial charge in [0, 0.05) is 29.4 Å². The normalized spacial score (nSPS) is 23.1. The number of aromatic nitrogens is 5. The first-order valence-electron chi connectivity index (χ1n) is 11.2. The van der Waals surface area contributed by atoms with Gasteiger partial charge in [0.15, 0.2) is 11.5 Å². The van der Waals surface area contributed by atoms with Crippen LogP contribution in [0.1, 0.15) is 49.9 Å². The number of rotatable bonds is 7.